The van der Waals surface area contributed by atoms with Crippen LogP contribution >= 0.6 is 11.6 Å². The molecule has 0 aliphatic heterocycles. The van der Waals surface area contributed by atoms with Crippen molar-refractivity contribution in [1.82, 2.24) is 9.97 Å². The summed E-state index contributed by atoms with van der Waals surface area (Å²) in [5.74, 6) is 0.579. The van der Waals surface area contributed by atoms with E-state index < -0.39 is 0 Å². The lowest BCUT2D eigenvalue weighted by atomic mass is 10.0. The normalized spacial score (nSPS) is 10.3. The van der Waals surface area contributed by atoms with Gasteiger partial charge in [0.2, 0.25) is 0 Å². The fraction of sp³-hybridized carbons (Fsp3) is 0.154. The summed E-state index contributed by atoms with van der Waals surface area (Å²) in [6.45, 7) is 3.81. The van der Waals surface area contributed by atoms with Gasteiger partial charge in [-0.05, 0) is 43.2 Å². The van der Waals surface area contributed by atoms with Crippen molar-refractivity contribution in [3.63, 3.8) is 0 Å². The van der Waals surface area contributed by atoms with Gasteiger partial charge in [0.15, 0.2) is 5.82 Å². The summed E-state index contributed by atoms with van der Waals surface area (Å²) >= 11 is 5.84. The summed E-state index contributed by atoms with van der Waals surface area (Å²) in [4.78, 5) is 19.2. The highest BCUT2D eigenvalue weighted by Gasteiger charge is 2.08. The minimum Gasteiger partial charge on any atom is -0.298 e. The number of carbonyl (C=O) groups is 1. The molecule has 86 valence electrons. The summed E-state index contributed by atoms with van der Waals surface area (Å²) in [5.41, 5.74) is 3.45. The Morgan fingerprint density at radius 3 is 2.65 bits per heavy atom. The maximum absolute atomic E-state index is 10.8. The minimum atomic E-state index is 0.409. The maximum atomic E-state index is 10.8. The quantitative estimate of drug-likeness (QED) is 0.604. The van der Waals surface area contributed by atoms with Gasteiger partial charge >= 0.3 is 0 Å². The van der Waals surface area contributed by atoms with E-state index in [0.717, 1.165) is 23.0 Å². The molecule has 0 atom stereocenters. The number of nitrogens with zero attached hydrogens (tertiary/aromatic N) is 2. The highest BCUT2D eigenvalue weighted by atomic mass is 35.5. The molecule has 2 aromatic rings. The molecular formula is C13H11ClN2O. The number of halogens is 1. The second-order valence-corrected chi connectivity index (χ2v) is 4.23. The Bertz CT molecular complexity index is 582. The van der Waals surface area contributed by atoms with Crippen molar-refractivity contribution in [2.24, 2.45) is 0 Å². The monoisotopic (exact) mass is 246 g/mol. The number of hydrogen-bond donors (Lipinski definition) is 0. The van der Waals surface area contributed by atoms with Gasteiger partial charge in [-0.1, -0.05) is 11.6 Å². The predicted octanol–water partition coefficient (Wildman–Crippen LogP) is 3.23. The first-order chi connectivity index (χ1) is 8.11. The predicted molar refractivity (Wildman–Crippen MR) is 67.3 cm³/mol. The van der Waals surface area contributed by atoms with E-state index in [4.69, 9.17) is 11.6 Å². The molecule has 0 radical (unpaired) electrons. The number of aryl methyl sites for hydroxylation is 2. The van der Waals surface area contributed by atoms with Crippen LogP contribution in [-0.2, 0) is 0 Å². The van der Waals surface area contributed by atoms with E-state index in [-0.39, 0.29) is 0 Å². The molecule has 0 saturated carbocycles. The molecular weight excluding hydrogens is 236 g/mol. The van der Waals surface area contributed by atoms with Crippen LogP contribution in [0.3, 0.4) is 0 Å². The zero-order chi connectivity index (χ0) is 12.4. The van der Waals surface area contributed by atoms with Gasteiger partial charge in [0, 0.05) is 17.3 Å². The van der Waals surface area contributed by atoms with Crippen molar-refractivity contribution in [2.45, 2.75) is 13.8 Å². The first kappa shape index (κ1) is 11.7. The lowest BCUT2D eigenvalue weighted by Crippen LogP contribution is -1.95. The zero-order valence-electron chi connectivity index (χ0n) is 9.57. The summed E-state index contributed by atoms with van der Waals surface area (Å²) in [5, 5.41) is 0.409. The maximum Gasteiger partial charge on any atom is 0.161 e. The van der Waals surface area contributed by atoms with Crippen LogP contribution in [0.1, 0.15) is 21.5 Å². The van der Waals surface area contributed by atoms with Crippen molar-refractivity contribution < 1.29 is 4.79 Å². The molecule has 4 heteroatoms. The van der Waals surface area contributed by atoms with Crippen molar-refractivity contribution in [2.75, 3.05) is 0 Å². The Labute approximate surface area is 104 Å². The van der Waals surface area contributed by atoms with Crippen LogP contribution in [0.2, 0.25) is 5.15 Å². The Morgan fingerprint density at radius 1 is 1.24 bits per heavy atom. The third kappa shape index (κ3) is 2.34. The molecule has 0 fully saturated rings. The third-order valence-corrected chi connectivity index (χ3v) is 2.81. The van der Waals surface area contributed by atoms with Gasteiger partial charge in [0.05, 0.1) is 0 Å². The molecule has 0 bridgehead atoms. The van der Waals surface area contributed by atoms with Gasteiger partial charge in [-0.3, -0.25) is 4.79 Å². The van der Waals surface area contributed by atoms with Crippen molar-refractivity contribution in [3.05, 3.63) is 46.2 Å². The zero-order valence-corrected chi connectivity index (χ0v) is 10.3. The Balaban J connectivity index is 2.60. The van der Waals surface area contributed by atoms with E-state index in [0.29, 0.717) is 16.5 Å². The number of rotatable bonds is 2. The van der Waals surface area contributed by atoms with E-state index in [1.165, 1.54) is 0 Å². The number of benzene rings is 1. The first-order valence-corrected chi connectivity index (χ1v) is 5.55. The van der Waals surface area contributed by atoms with Gasteiger partial charge in [0.25, 0.3) is 0 Å². The van der Waals surface area contributed by atoms with Crippen LogP contribution < -0.4 is 0 Å². The van der Waals surface area contributed by atoms with E-state index in [9.17, 15) is 4.79 Å². The molecule has 0 saturated heterocycles. The molecule has 2 rings (SSSR count). The molecule has 0 unspecified atom stereocenters. The second-order valence-electron chi connectivity index (χ2n) is 3.84. The van der Waals surface area contributed by atoms with Crippen molar-refractivity contribution in [3.8, 4) is 11.4 Å². The summed E-state index contributed by atoms with van der Waals surface area (Å²) in [6.07, 6.45) is 2.47. The van der Waals surface area contributed by atoms with E-state index in [1.54, 1.807) is 12.3 Å². The molecule has 0 spiro atoms. The summed E-state index contributed by atoms with van der Waals surface area (Å²) in [7, 11) is 0. The SMILES string of the molecule is Cc1cc(-c2nccc(Cl)n2)c(C)cc1C=O. The molecule has 17 heavy (non-hydrogen) atoms. The van der Waals surface area contributed by atoms with E-state index in [1.807, 2.05) is 26.0 Å². The second kappa shape index (κ2) is 4.63. The van der Waals surface area contributed by atoms with Crippen LogP contribution in [0.25, 0.3) is 11.4 Å². The molecule has 0 aliphatic carbocycles. The lowest BCUT2D eigenvalue weighted by Gasteiger charge is -2.08. The minimum absolute atomic E-state index is 0.409. The first-order valence-electron chi connectivity index (χ1n) is 5.17. The van der Waals surface area contributed by atoms with Gasteiger partial charge in [-0.2, -0.15) is 0 Å². The molecule has 1 heterocycles. The number of aromatic nitrogens is 2. The largest absolute Gasteiger partial charge is 0.298 e. The average Bonchev–Trinajstić information content (AvgIpc) is 2.31. The standard InChI is InChI=1S/C13H11ClN2O/c1-8-6-11(9(2)5-10(8)7-17)13-15-4-3-12(14)16-13/h3-7H,1-2H3. The Morgan fingerprint density at radius 2 is 2.00 bits per heavy atom. The van der Waals surface area contributed by atoms with Gasteiger partial charge in [-0.15, -0.1) is 0 Å². The van der Waals surface area contributed by atoms with E-state index in [2.05, 4.69) is 9.97 Å². The number of aldehydes is 1. The lowest BCUT2D eigenvalue weighted by molar-refractivity contribution is 0.112. The van der Waals surface area contributed by atoms with Gasteiger partial charge in [0.1, 0.15) is 11.4 Å². The number of hydrogen-bond acceptors (Lipinski definition) is 3. The highest BCUT2D eigenvalue weighted by Crippen LogP contribution is 2.23. The molecule has 0 N–H and O–H groups in total. The Hall–Kier alpha value is -1.74. The molecule has 0 amide bonds. The van der Waals surface area contributed by atoms with Crippen LogP contribution in [-0.4, -0.2) is 16.3 Å². The topological polar surface area (TPSA) is 42.9 Å². The third-order valence-electron chi connectivity index (χ3n) is 2.60. The molecule has 1 aromatic heterocycles. The smallest absolute Gasteiger partial charge is 0.161 e. The van der Waals surface area contributed by atoms with Crippen LogP contribution in [0.5, 0.6) is 0 Å². The van der Waals surface area contributed by atoms with Crippen LogP contribution in [0.4, 0.5) is 0 Å². The fourth-order valence-electron chi connectivity index (χ4n) is 1.67. The fourth-order valence-corrected chi connectivity index (χ4v) is 1.81. The van der Waals surface area contributed by atoms with Crippen LogP contribution in [0.15, 0.2) is 24.4 Å². The van der Waals surface area contributed by atoms with E-state index >= 15 is 0 Å². The van der Waals surface area contributed by atoms with Crippen molar-refractivity contribution >= 4 is 17.9 Å². The molecule has 3 nitrogen and oxygen atoms in total. The van der Waals surface area contributed by atoms with Crippen molar-refractivity contribution in [1.29, 1.82) is 0 Å². The summed E-state index contributed by atoms with van der Waals surface area (Å²) < 4.78 is 0. The Kier molecular flexibility index (Phi) is 3.20. The molecule has 0 aliphatic rings. The van der Waals surface area contributed by atoms with Gasteiger partial charge in [-0.25, -0.2) is 9.97 Å². The van der Waals surface area contributed by atoms with Crippen LogP contribution in [0, 0.1) is 13.8 Å². The average molecular weight is 247 g/mol. The highest BCUT2D eigenvalue weighted by molar-refractivity contribution is 6.29. The summed E-state index contributed by atoms with van der Waals surface area (Å²) in [6, 6.07) is 5.37. The van der Waals surface area contributed by atoms with Gasteiger partial charge < -0.3 is 0 Å². The number of carbonyl (C=O) groups excluding carboxylic acids is 1. The molecule has 1 aromatic carbocycles.